The van der Waals surface area contributed by atoms with Gasteiger partial charge in [-0.1, -0.05) is 6.92 Å². The van der Waals surface area contributed by atoms with E-state index in [1.807, 2.05) is 11.8 Å². The quantitative estimate of drug-likeness (QED) is 0.787. The zero-order valence-electron chi connectivity index (χ0n) is 11.4. The van der Waals surface area contributed by atoms with Crippen molar-refractivity contribution in [3.05, 3.63) is 22.2 Å². The predicted molar refractivity (Wildman–Crippen MR) is 81.5 cm³/mol. The third-order valence-corrected chi connectivity index (χ3v) is 4.45. The lowest BCUT2D eigenvalue weighted by Gasteiger charge is -2.37. The SMILES string of the molecule is CCC1C(=O)NCCN1c1cc2c(cc1Br)C(=O)C(=O)N2. The standard InChI is InChI=1S/C14H14BrN3O3/c1-2-10-13(20)16-3-4-18(10)11-6-9-7(5-8(11)15)12(19)14(21)17-9/h5-6,10H,2-4H2,1H3,(H,16,20)(H,17,19,21). The lowest BCUT2D eigenvalue weighted by atomic mass is 10.1. The van der Waals surface area contributed by atoms with Crippen LogP contribution in [0.1, 0.15) is 23.7 Å². The van der Waals surface area contributed by atoms with E-state index in [2.05, 4.69) is 26.6 Å². The van der Waals surface area contributed by atoms with Crippen LogP contribution in [0.25, 0.3) is 0 Å². The molecule has 0 aliphatic carbocycles. The summed E-state index contributed by atoms with van der Waals surface area (Å²) in [5, 5.41) is 5.41. The van der Waals surface area contributed by atoms with Crippen LogP contribution in [-0.2, 0) is 9.59 Å². The molecule has 0 bridgehead atoms. The minimum absolute atomic E-state index is 0.00346. The number of nitrogens with zero attached hydrogens (tertiary/aromatic N) is 1. The van der Waals surface area contributed by atoms with Gasteiger partial charge in [0.2, 0.25) is 5.91 Å². The normalized spacial score (nSPS) is 21.1. The average Bonchev–Trinajstić information content (AvgIpc) is 2.73. The Labute approximate surface area is 130 Å². The van der Waals surface area contributed by atoms with Crippen LogP contribution in [0.4, 0.5) is 11.4 Å². The first kappa shape index (κ1) is 14.1. The molecule has 7 heteroatoms. The van der Waals surface area contributed by atoms with Gasteiger partial charge in [0.15, 0.2) is 0 Å². The van der Waals surface area contributed by atoms with E-state index in [1.165, 1.54) is 0 Å². The van der Waals surface area contributed by atoms with Gasteiger partial charge < -0.3 is 15.5 Å². The molecule has 110 valence electrons. The maximum absolute atomic E-state index is 12.0. The van der Waals surface area contributed by atoms with Crippen molar-refractivity contribution >= 4 is 44.9 Å². The van der Waals surface area contributed by atoms with Gasteiger partial charge in [-0.3, -0.25) is 14.4 Å². The van der Waals surface area contributed by atoms with Crippen LogP contribution in [-0.4, -0.2) is 36.7 Å². The molecule has 0 saturated carbocycles. The van der Waals surface area contributed by atoms with Crippen LogP contribution in [0.15, 0.2) is 16.6 Å². The summed E-state index contributed by atoms with van der Waals surface area (Å²) in [6.45, 7) is 3.21. The van der Waals surface area contributed by atoms with Crippen LogP contribution >= 0.6 is 15.9 Å². The van der Waals surface area contributed by atoms with E-state index in [4.69, 9.17) is 0 Å². The summed E-state index contributed by atoms with van der Waals surface area (Å²) in [4.78, 5) is 37.1. The number of ketones is 1. The molecule has 2 aliphatic heterocycles. The molecular formula is C14H14BrN3O3. The van der Waals surface area contributed by atoms with Crippen LogP contribution in [0.2, 0.25) is 0 Å². The molecule has 0 spiro atoms. The molecule has 1 aromatic carbocycles. The molecule has 1 fully saturated rings. The van der Waals surface area contributed by atoms with Crippen molar-refractivity contribution in [2.75, 3.05) is 23.3 Å². The minimum atomic E-state index is -0.613. The first-order valence-electron chi connectivity index (χ1n) is 6.76. The van der Waals surface area contributed by atoms with E-state index in [1.54, 1.807) is 12.1 Å². The summed E-state index contributed by atoms with van der Waals surface area (Å²) < 4.78 is 0.708. The summed E-state index contributed by atoms with van der Waals surface area (Å²) >= 11 is 3.44. The van der Waals surface area contributed by atoms with Gasteiger partial charge in [-0.15, -0.1) is 0 Å². The number of nitrogens with one attached hydrogen (secondary N) is 2. The molecular weight excluding hydrogens is 338 g/mol. The fourth-order valence-electron chi connectivity index (χ4n) is 2.78. The van der Waals surface area contributed by atoms with Crippen LogP contribution in [0, 0.1) is 0 Å². The van der Waals surface area contributed by atoms with Crippen molar-refractivity contribution in [2.24, 2.45) is 0 Å². The number of halogens is 1. The first-order valence-corrected chi connectivity index (χ1v) is 7.55. The Kier molecular flexibility index (Phi) is 3.44. The largest absolute Gasteiger partial charge is 0.357 e. The monoisotopic (exact) mass is 351 g/mol. The second-order valence-electron chi connectivity index (χ2n) is 5.04. The van der Waals surface area contributed by atoms with E-state index >= 15 is 0 Å². The molecule has 1 saturated heterocycles. The fourth-order valence-corrected chi connectivity index (χ4v) is 3.35. The third-order valence-electron chi connectivity index (χ3n) is 3.81. The Morgan fingerprint density at radius 3 is 2.81 bits per heavy atom. The van der Waals surface area contributed by atoms with E-state index in [0.29, 0.717) is 35.2 Å². The van der Waals surface area contributed by atoms with Gasteiger partial charge in [0.05, 0.1) is 16.9 Å². The Hall–Kier alpha value is -1.89. The van der Waals surface area contributed by atoms with Gasteiger partial charge in [0, 0.05) is 17.6 Å². The maximum atomic E-state index is 12.0. The third kappa shape index (κ3) is 2.21. The van der Waals surface area contributed by atoms with Gasteiger partial charge in [0.25, 0.3) is 11.7 Å². The van der Waals surface area contributed by atoms with Gasteiger partial charge in [-0.25, -0.2) is 0 Å². The molecule has 2 N–H and O–H groups in total. The van der Waals surface area contributed by atoms with Crippen molar-refractivity contribution in [1.29, 1.82) is 0 Å². The van der Waals surface area contributed by atoms with Crippen LogP contribution in [0.5, 0.6) is 0 Å². The van der Waals surface area contributed by atoms with Gasteiger partial charge >= 0.3 is 0 Å². The van der Waals surface area contributed by atoms with Crippen molar-refractivity contribution in [1.82, 2.24) is 5.32 Å². The van der Waals surface area contributed by atoms with Crippen molar-refractivity contribution in [2.45, 2.75) is 19.4 Å². The second kappa shape index (κ2) is 5.14. The Morgan fingerprint density at radius 1 is 1.33 bits per heavy atom. The van der Waals surface area contributed by atoms with E-state index in [0.717, 1.165) is 5.69 Å². The van der Waals surface area contributed by atoms with Crippen LogP contribution in [0.3, 0.4) is 0 Å². The van der Waals surface area contributed by atoms with E-state index in [-0.39, 0.29) is 11.9 Å². The molecule has 3 rings (SSSR count). The molecule has 2 heterocycles. The fraction of sp³-hybridized carbons (Fsp3) is 0.357. The second-order valence-corrected chi connectivity index (χ2v) is 5.90. The number of amides is 2. The van der Waals surface area contributed by atoms with E-state index in [9.17, 15) is 14.4 Å². The lowest BCUT2D eigenvalue weighted by molar-refractivity contribution is -0.123. The molecule has 2 amide bonds. The summed E-state index contributed by atoms with van der Waals surface area (Å²) in [6.07, 6.45) is 0.681. The number of fused-ring (bicyclic) bond motifs is 1. The number of hydrogen-bond acceptors (Lipinski definition) is 4. The average molecular weight is 352 g/mol. The molecule has 1 atom stereocenters. The molecule has 1 aromatic rings. The highest BCUT2D eigenvalue weighted by molar-refractivity contribution is 9.10. The number of hydrogen-bond donors (Lipinski definition) is 2. The van der Waals surface area contributed by atoms with E-state index < -0.39 is 11.7 Å². The van der Waals surface area contributed by atoms with Gasteiger partial charge in [-0.05, 0) is 34.5 Å². The molecule has 1 unspecified atom stereocenters. The number of carbonyl (C=O) groups is 3. The van der Waals surface area contributed by atoms with Gasteiger partial charge in [0.1, 0.15) is 6.04 Å². The smallest absolute Gasteiger partial charge is 0.296 e. The Morgan fingerprint density at radius 2 is 2.10 bits per heavy atom. The summed E-state index contributed by atoms with van der Waals surface area (Å²) in [6, 6.07) is 3.15. The molecule has 2 aliphatic rings. The number of rotatable bonds is 2. The predicted octanol–water partition coefficient (Wildman–Crippen LogP) is 1.30. The topological polar surface area (TPSA) is 78.5 Å². The number of Topliss-reactive ketones (excluding diaryl/α,β-unsaturated/α-hetero) is 1. The molecule has 21 heavy (non-hydrogen) atoms. The van der Waals surface area contributed by atoms with Crippen molar-refractivity contribution in [3.8, 4) is 0 Å². The van der Waals surface area contributed by atoms with Crippen LogP contribution < -0.4 is 15.5 Å². The highest BCUT2D eigenvalue weighted by Gasteiger charge is 2.33. The maximum Gasteiger partial charge on any atom is 0.296 e. The molecule has 0 radical (unpaired) electrons. The first-order chi connectivity index (χ1) is 10.0. The molecule has 0 aromatic heterocycles. The summed E-state index contributed by atoms with van der Waals surface area (Å²) in [7, 11) is 0. The highest BCUT2D eigenvalue weighted by Crippen LogP contribution is 2.36. The Bertz CT molecular complexity index is 659. The van der Waals surface area contributed by atoms with Crippen molar-refractivity contribution < 1.29 is 14.4 Å². The minimum Gasteiger partial charge on any atom is -0.357 e. The van der Waals surface area contributed by atoms with Gasteiger partial charge in [-0.2, -0.15) is 0 Å². The van der Waals surface area contributed by atoms with Crippen molar-refractivity contribution in [3.63, 3.8) is 0 Å². The Balaban J connectivity index is 2.03. The highest BCUT2D eigenvalue weighted by atomic mass is 79.9. The zero-order chi connectivity index (χ0) is 15.1. The zero-order valence-corrected chi connectivity index (χ0v) is 13.0. The number of anilines is 2. The lowest BCUT2D eigenvalue weighted by Crippen LogP contribution is -2.55. The number of carbonyl (C=O) groups excluding carboxylic acids is 3. The summed E-state index contributed by atoms with van der Waals surface area (Å²) in [5.41, 5.74) is 1.68. The molecule has 6 nitrogen and oxygen atoms in total. The summed E-state index contributed by atoms with van der Waals surface area (Å²) in [5.74, 6) is -1.14. The number of benzene rings is 1. The number of piperazine rings is 1.